The van der Waals surface area contributed by atoms with Crippen molar-refractivity contribution in [1.82, 2.24) is 10.2 Å². The van der Waals surface area contributed by atoms with E-state index in [0.29, 0.717) is 39.5 Å². The highest BCUT2D eigenvalue weighted by Crippen LogP contribution is 2.17. The molecule has 0 aliphatic rings. The van der Waals surface area contributed by atoms with Gasteiger partial charge in [-0.3, -0.25) is 9.69 Å². The smallest absolute Gasteiger partial charge is 0.234 e. The average Bonchev–Trinajstić information content (AvgIpc) is 2.68. The molecule has 2 aromatic rings. The fourth-order valence-electron chi connectivity index (χ4n) is 2.57. The number of ether oxygens (including phenoxy) is 3. The van der Waals surface area contributed by atoms with Crippen molar-refractivity contribution in [1.29, 1.82) is 0 Å². The first-order valence-corrected chi connectivity index (χ1v) is 9.58. The van der Waals surface area contributed by atoms with Gasteiger partial charge < -0.3 is 19.5 Å². The summed E-state index contributed by atoms with van der Waals surface area (Å²) in [7, 11) is 1.90. The van der Waals surface area contributed by atoms with Crippen molar-refractivity contribution in [2.75, 3.05) is 46.5 Å². The summed E-state index contributed by atoms with van der Waals surface area (Å²) in [5, 5.41) is 2.86. The van der Waals surface area contributed by atoms with Gasteiger partial charge in [-0.1, -0.05) is 18.2 Å². The molecule has 0 bridgehead atoms. The monoisotopic (exact) mass is 386 g/mol. The topological polar surface area (TPSA) is 60.0 Å². The number of nitrogens with zero attached hydrogens (tertiary/aromatic N) is 1. The Morgan fingerprint density at radius 1 is 0.964 bits per heavy atom. The van der Waals surface area contributed by atoms with Crippen LogP contribution in [0.1, 0.15) is 12.5 Å². The van der Waals surface area contributed by atoms with Gasteiger partial charge in [0.25, 0.3) is 0 Å². The van der Waals surface area contributed by atoms with E-state index in [1.54, 1.807) is 0 Å². The van der Waals surface area contributed by atoms with Gasteiger partial charge in [0.15, 0.2) is 0 Å². The Balaban J connectivity index is 1.56. The van der Waals surface area contributed by atoms with Crippen molar-refractivity contribution in [2.45, 2.75) is 13.8 Å². The molecule has 1 N–H and O–H groups in total. The summed E-state index contributed by atoms with van der Waals surface area (Å²) >= 11 is 0. The van der Waals surface area contributed by atoms with Gasteiger partial charge in [0.1, 0.15) is 30.5 Å². The number of aryl methyl sites for hydroxylation is 1. The van der Waals surface area contributed by atoms with E-state index >= 15 is 0 Å². The minimum atomic E-state index is -0.0336. The second-order valence-corrected chi connectivity index (χ2v) is 6.45. The van der Waals surface area contributed by atoms with Crippen LogP contribution in [0.3, 0.4) is 0 Å². The van der Waals surface area contributed by atoms with Crippen molar-refractivity contribution in [3.63, 3.8) is 0 Å². The van der Waals surface area contributed by atoms with Crippen LogP contribution in [0.2, 0.25) is 0 Å². The van der Waals surface area contributed by atoms with E-state index in [2.05, 4.69) is 5.32 Å². The molecule has 0 fully saturated rings. The van der Waals surface area contributed by atoms with Crippen LogP contribution in [0.25, 0.3) is 0 Å². The Labute approximate surface area is 167 Å². The number of hydrogen-bond acceptors (Lipinski definition) is 5. The Morgan fingerprint density at radius 3 is 2.32 bits per heavy atom. The van der Waals surface area contributed by atoms with Crippen LogP contribution in [0, 0.1) is 6.92 Å². The summed E-state index contributed by atoms with van der Waals surface area (Å²) in [6.07, 6.45) is 0. The maximum absolute atomic E-state index is 12.0. The molecule has 6 heteroatoms. The highest BCUT2D eigenvalue weighted by Gasteiger charge is 2.07. The molecule has 0 aliphatic carbocycles. The van der Waals surface area contributed by atoms with Gasteiger partial charge in [0.2, 0.25) is 5.91 Å². The fourth-order valence-corrected chi connectivity index (χ4v) is 2.57. The fraction of sp³-hybridized carbons (Fsp3) is 0.409. The van der Waals surface area contributed by atoms with Crippen LogP contribution in [-0.4, -0.2) is 57.3 Å². The lowest BCUT2D eigenvalue weighted by Crippen LogP contribution is -2.38. The minimum Gasteiger partial charge on any atom is -0.494 e. The van der Waals surface area contributed by atoms with Crippen molar-refractivity contribution >= 4 is 5.91 Å². The van der Waals surface area contributed by atoms with Crippen molar-refractivity contribution in [2.24, 2.45) is 0 Å². The quantitative estimate of drug-likeness (QED) is 0.569. The van der Waals surface area contributed by atoms with E-state index in [1.807, 2.05) is 74.3 Å². The molecule has 0 atom stereocenters. The molecule has 2 rings (SSSR count). The van der Waals surface area contributed by atoms with Gasteiger partial charge in [-0.05, 0) is 56.8 Å². The molecule has 0 heterocycles. The number of benzene rings is 2. The molecule has 0 spiro atoms. The summed E-state index contributed by atoms with van der Waals surface area (Å²) < 4.78 is 16.8. The number of nitrogens with one attached hydrogen (secondary N) is 1. The second-order valence-electron chi connectivity index (χ2n) is 6.45. The lowest BCUT2D eigenvalue weighted by atomic mass is 10.2. The van der Waals surface area contributed by atoms with E-state index in [1.165, 1.54) is 0 Å². The average molecular weight is 386 g/mol. The third-order valence-electron chi connectivity index (χ3n) is 4.07. The third-order valence-corrected chi connectivity index (χ3v) is 4.07. The van der Waals surface area contributed by atoms with Gasteiger partial charge in [0, 0.05) is 6.54 Å². The van der Waals surface area contributed by atoms with E-state index in [0.717, 1.165) is 22.8 Å². The molecular weight excluding hydrogens is 356 g/mol. The predicted octanol–water partition coefficient (Wildman–Crippen LogP) is 2.90. The van der Waals surface area contributed by atoms with Gasteiger partial charge in [-0.2, -0.15) is 0 Å². The molecule has 2 aromatic carbocycles. The minimum absolute atomic E-state index is 0.0336. The number of carbonyl (C=O) groups is 1. The summed E-state index contributed by atoms with van der Waals surface area (Å²) in [6.45, 7) is 7.00. The second kappa shape index (κ2) is 11.9. The maximum atomic E-state index is 12.0. The molecular formula is C22H30N2O4. The zero-order valence-corrected chi connectivity index (χ0v) is 16.9. The molecule has 6 nitrogen and oxygen atoms in total. The van der Waals surface area contributed by atoms with E-state index in [9.17, 15) is 4.79 Å². The molecule has 0 aliphatic heterocycles. The van der Waals surface area contributed by atoms with Gasteiger partial charge >= 0.3 is 0 Å². The van der Waals surface area contributed by atoms with Gasteiger partial charge in [0.05, 0.1) is 19.7 Å². The number of para-hydroxylation sites is 1. The van der Waals surface area contributed by atoms with Gasteiger partial charge in [-0.25, -0.2) is 0 Å². The maximum Gasteiger partial charge on any atom is 0.234 e. The SMILES string of the molecule is CCOc1ccc(OCCNC(=O)CN(C)CCOc2ccccc2C)cc1. The summed E-state index contributed by atoms with van der Waals surface area (Å²) in [5.41, 5.74) is 1.11. The molecule has 0 saturated carbocycles. The molecule has 1 amide bonds. The number of hydrogen-bond donors (Lipinski definition) is 1. The lowest BCUT2D eigenvalue weighted by molar-refractivity contribution is -0.122. The zero-order valence-electron chi connectivity index (χ0n) is 16.9. The summed E-state index contributed by atoms with van der Waals surface area (Å²) in [5.74, 6) is 2.42. The first-order valence-electron chi connectivity index (χ1n) is 9.58. The molecule has 0 radical (unpaired) electrons. The molecule has 0 unspecified atom stereocenters. The lowest BCUT2D eigenvalue weighted by Gasteiger charge is -2.17. The van der Waals surface area contributed by atoms with E-state index < -0.39 is 0 Å². The standard InChI is InChI=1S/C22H30N2O4/c1-4-26-19-9-11-20(12-10-19)27-15-13-23-22(25)17-24(3)14-16-28-21-8-6-5-7-18(21)2/h5-12H,4,13-17H2,1-3H3,(H,23,25). The van der Waals surface area contributed by atoms with Crippen molar-refractivity contribution < 1.29 is 19.0 Å². The van der Waals surface area contributed by atoms with Crippen LogP contribution in [0.5, 0.6) is 17.2 Å². The largest absolute Gasteiger partial charge is 0.494 e. The van der Waals surface area contributed by atoms with Crippen LogP contribution in [0.15, 0.2) is 48.5 Å². The van der Waals surface area contributed by atoms with E-state index in [-0.39, 0.29) is 5.91 Å². The number of carbonyl (C=O) groups excluding carboxylic acids is 1. The number of rotatable bonds is 12. The Morgan fingerprint density at radius 2 is 1.64 bits per heavy atom. The summed E-state index contributed by atoms with van der Waals surface area (Å²) in [4.78, 5) is 13.9. The van der Waals surface area contributed by atoms with Crippen LogP contribution in [-0.2, 0) is 4.79 Å². The first-order chi connectivity index (χ1) is 13.6. The molecule has 0 saturated heterocycles. The molecule has 28 heavy (non-hydrogen) atoms. The van der Waals surface area contributed by atoms with Crippen LogP contribution < -0.4 is 19.5 Å². The zero-order chi connectivity index (χ0) is 20.2. The molecule has 152 valence electrons. The van der Waals surface area contributed by atoms with Crippen molar-refractivity contribution in [3.05, 3.63) is 54.1 Å². The van der Waals surface area contributed by atoms with E-state index in [4.69, 9.17) is 14.2 Å². The van der Waals surface area contributed by atoms with Crippen LogP contribution >= 0.6 is 0 Å². The number of amides is 1. The third kappa shape index (κ3) is 7.88. The van der Waals surface area contributed by atoms with Crippen LogP contribution in [0.4, 0.5) is 0 Å². The Bertz CT molecular complexity index is 719. The Hall–Kier alpha value is -2.73. The highest BCUT2D eigenvalue weighted by molar-refractivity contribution is 5.77. The number of likely N-dealkylation sites (N-methyl/N-ethyl adjacent to an activating group) is 1. The normalized spacial score (nSPS) is 10.6. The predicted molar refractivity (Wildman–Crippen MR) is 110 cm³/mol. The Kier molecular flexibility index (Phi) is 9.15. The highest BCUT2D eigenvalue weighted by atomic mass is 16.5. The molecule has 0 aromatic heterocycles. The van der Waals surface area contributed by atoms with Crippen molar-refractivity contribution in [3.8, 4) is 17.2 Å². The summed E-state index contributed by atoms with van der Waals surface area (Å²) in [6, 6.07) is 15.3. The van der Waals surface area contributed by atoms with Gasteiger partial charge in [-0.15, -0.1) is 0 Å². The first kappa shape index (κ1) is 21.6.